The van der Waals surface area contributed by atoms with Crippen LogP contribution in [0.1, 0.15) is 18.9 Å². The minimum Gasteiger partial charge on any atom is -0.454 e. The number of anilines is 1. The number of aromatic nitrogens is 3. The van der Waals surface area contributed by atoms with Gasteiger partial charge in [-0.25, -0.2) is 9.89 Å². The quantitative estimate of drug-likeness (QED) is 0.548. The maximum atomic E-state index is 11.4. The number of aryl methyl sites for hydroxylation is 1. The van der Waals surface area contributed by atoms with Crippen molar-refractivity contribution in [2.75, 3.05) is 12.2 Å². The molecule has 23 heavy (non-hydrogen) atoms. The molecule has 0 saturated carbocycles. The summed E-state index contributed by atoms with van der Waals surface area (Å²) in [6, 6.07) is 5.80. The fourth-order valence-corrected chi connectivity index (χ4v) is 2.05. The second kappa shape index (κ2) is 6.34. The maximum Gasteiger partial charge on any atom is 0.342 e. The molecule has 0 unspecified atom stereocenters. The van der Waals surface area contributed by atoms with Crippen molar-refractivity contribution in [2.45, 2.75) is 19.8 Å². The molecule has 0 fully saturated rings. The first kappa shape index (κ1) is 14.8. The molecule has 1 aromatic heterocycles. The van der Waals surface area contributed by atoms with Crippen LogP contribution in [0.3, 0.4) is 0 Å². The fourth-order valence-electron chi connectivity index (χ4n) is 2.05. The lowest BCUT2D eigenvalue weighted by Gasteiger charge is -2.04. The summed E-state index contributed by atoms with van der Waals surface area (Å²) < 4.78 is 10.6. The highest BCUT2D eigenvalue weighted by Gasteiger charge is 2.13. The van der Waals surface area contributed by atoms with Crippen molar-refractivity contribution in [3.8, 4) is 11.5 Å². The highest BCUT2D eigenvalue weighted by Crippen LogP contribution is 2.32. The number of benzene rings is 1. The number of aromatic amines is 2. The van der Waals surface area contributed by atoms with Gasteiger partial charge >= 0.3 is 5.69 Å². The van der Waals surface area contributed by atoms with E-state index in [1.807, 2.05) is 25.1 Å². The van der Waals surface area contributed by atoms with Crippen molar-refractivity contribution < 1.29 is 9.47 Å². The Bertz CT molecular complexity index is 855. The van der Waals surface area contributed by atoms with E-state index in [0.717, 1.165) is 29.2 Å². The van der Waals surface area contributed by atoms with Gasteiger partial charge in [0.2, 0.25) is 12.6 Å². The van der Waals surface area contributed by atoms with Gasteiger partial charge in [0.05, 0.1) is 0 Å². The van der Waals surface area contributed by atoms with Crippen LogP contribution in [0.5, 0.6) is 11.5 Å². The number of nitrogens with one attached hydrogen (secondary N) is 3. The van der Waals surface area contributed by atoms with Crippen molar-refractivity contribution in [3.63, 3.8) is 0 Å². The normalized spacial score (nSPS) is 13.2. The lowest BCUT2D eigenvalue weighted by Crippen LogP contribution is -2.26. The summed E-state index contributed by atoms with van der Waals surface area (Å²) in [5.74, 6) is 1.44. The van der Waals surface area contributed by atoms with E-state index in [1.54, 1.807) is 0 Å². The average molecular weight is 317 g/mol. The third-order valence-electron chi connectivity index (χ3n) is 3.28. The van der Waals surface area contributed by atoms with Crippen LogP contribution < -0.4 is 26.1 Å². The topological polar surface area (TPSA) is 121 Å². The zero-order valence-corrected chi connectivity index (χ0v) is 12.4. The molecule has 0 saturated heterocycles. The first-order valence-corrected chi connectivity index (χ1v) is 6.98. The van der Waals surface area contributed by atoms with E-state index in [0.29, 0.717) is 6.42 Å². The van der Waals surface area contributed by atoms with Gasteiger partial charge in [0.15, 0.2) is 11.5 Å². The molecule has 1 aromatic carbocycles. The van der Waals surface area contributed by atoms with Crippen molar-refractivity contribution in [3.05, 3.63) is 44.6 Å². The van der Waals surface area contributed by atoms with Crippen LogP contribution in [0.4, 0.5) is 5.82 Å². The number of rotatable bonds is 5. The van der Waals surface area contributed by atoms with Gasteiger partial charge in [0, 0.05) is 5.71 Å². The van der Waals surface area contributed by atoms with Crippen LogP contribution in [0.25, 0.3) is 0 Å². The van der Waals surface area contributed by atoms with Gasteiger partial charge in [0.1, 0.15) is 0 Å². The number of hydrogen-bond donors (Lipinski definition) is 3. The van der Waals surface area contributed by atoms with Crippen molar-refractivity contribution >= 4 is 11.5 Å². The predicted octanol–water partition coefficient (Wildman–Crippen LogP) is 0.607. The Morgan fingerprint density at radius 1 is 1.35 bits per heavy atom. The zero-order valence-electron chi connectivity index (χ0n) is 12.4. The Labute approximate surface area is 130 Å². The molecular formula is C14H15N5O4. The third kappa shape index (κ3) is 3.57. The van der Waals surface area contributed by atoms with Gasteiger partial charge in [0.25, 0.3) is 5.56 Å². The van der Waals surface area contributed by atoms with E-state index in [-0.39, 0.29) is 12.6 Å². The maximum absolute atomic E-state index is 11.4. The third-order valence-corrected chi connectivity index (χ3v) is 3.28. The van der Waals surface area contributed by atoms with Crippen LogP contribution in [0, 0.1) is 0 Å². The molecule has 120 valence electrons. The molecule has 0 atom stereocenters. The van der Waals surface area contributed by atoms with Crippen LogP contribution in [0.15, 0.2) is 32.9 Å². The first-order valence-electron chi connectivity index (χ1n) is 6.98. The molecule has 0 spiro atoms. The highest BCUT2D eigenvalue weighted by molar-refractivity contribution is 5.82. The van der Waals surface area contributed by atoms with Crippen LogP contribution in [-0.2, 0) is 6.42 Å². The summed E-state index contributed by atoms with van der Waals surface area (Å²) in [5.41, 5.74) is 3.14. The Morgan fingerprint density at radius 2 is 2.17 bits per heavy atom. The zero-order chi connectivity index (χ0) is 16.2. The van der Waals surface area contributed by atoms with Crippen molar-refractivity contribution in [1.29, 1.82) is 0 Å². The second-order valence-corrected chi connectivity index (χ2v) is 5.00. The minimum absolute atomic E-state index is 0.0629. The van der Waals surface area contributed by atoms with Crippen LogP contribution in [-0.4, -0.2) is 27.7 Å². The van der Waals surface area contributed by atoms with E-state index in [2.05, 4.69) is 25.7 Å². The summed E-state index contributed by atoms with van der Waals surface area (Å²) in [4.78, 5) is 24.4. The monoisotopic (exact) mass is 317 g/mol. The van der Waals surface area contributed by atoms with Gasteiger partial charge in [-0.3, -0.25) is 15.2 Å². The summed E-state index contributed by atoms with van der Waals surface area (Å²) >= 11 is 0. The number of H-pyrrole nitrogens is 2. The van der Waals surface area contributed by atoms with Gasteiger partial charge in [-0.1, -0.05) is 6.07 Å². The molecule has 3 N–H and O–H groups in total. The van der Waals surface area contributed by atoms with Crippen LogP contribution >= 0.6 is 0 Å². The Balaban J connectivity index is 1.59. The van der Waals surface area contributed by atoms with E-state index in [4.69, 9.17) is 9.47 Å². The standard InChI is InChI=1S/C14H15N5O4/c1-8(16-17-12-13(20)15-14(21)19-18-12)2-3-9-4-5-10-11(6-9)23-7-22-10/h4-6H,2-3,7H2,1H3,(H,17,18)(H2,15,19,20,21)/b16-8+. The second-order valence-electron chi connectivity index (χ2n) is 5.00. The molecule has 0 bridgehead atoms. The summed E-state index contributed by atoms with van der Waals surface area (Å²) in [7, 11) is 0. The molecule has 3 rings (SSSR count). The molecule has 9 nitrogen and oxygen atoms in total. The minimum atomic E-state index is -0.663. The summed E-state index contributed by atoms with van der Waals surface area (Å²) in [5, 5.41) is 9.78. The van der Waals surface area contributed by atoms with Crippen molar-refractivity contribution in [1.82, 2.24) is 15.2 Å². The summed E-state index contributed by atoms with van der Waals surface area (Å²) in [6.45, 7) is 2.09. The highest BCUT2D eigenvalue weighted by atomic mass is 16.7. The molecule has 9 heteroatoms. The van der Waals surface area contributed by atoms with E-state index < -0.39 is 11.2 Å². The van der Waals surface area contributed by atoms with Crippen LogP contribution in [0.2, 0.25) is 0 Å². The van der Waals surface area contributed by atoms with Gasteiger partial charge in [-0.15, -0.1) is 5.10 Å². The number of nitrogens with zero attached hydrogens (tertiary/aromatic N) is 2. The molecule has 0 amide bonds. The van der Waals surface area contributed by atoms with Gasteiger partial charge < -0.3 is 9.47 Å². The summed E-state index contributed by atoms with van der Waals surface area (Å²) in [6.07, 6.45) is 1.46. The van der Waals surface area contributed by atoms with E-state index >= 15 is 0 Å². The SMILES string of the molecule is C/C(CCc1ccc2c(c1)OCO2)=N\Nc1n[nH]c(=O)[nH]c1=O. The largest absolute Gasteiger partial charge is 0.454 e. The average Bonchev–Trinajstić information content (AvgIpc) is 2.99. The predicted molar refractivity (Wildman–Crippen MR) is 83.1 cm³/mol. The smallest absolute Gasteiger partial charge is 0.342 e. The number of hydrazone groups is 1. The lowest BCUT2D eigenvalue weighted by atomic mass is 10.1. The lowest BCUT2D eigenvalue weighted by molar-refractivity contribution is 0.174. The first-order chi connectivity index (χ1) is 11.1. The molecule has 1 aliphatic rings. The molecular weight excluding hydrogens is 302 g/mol. The van der Waals surface area contributed by atoms with E-state index in [9.17, 15) is 9.59 Å². The Kier molecular flexibility index (Phi) is 4.09. The molecule has 0 radical (unpaired) electrons. The van der Waals surface area contributed by atoms with E-state index in [1.165, 1.54) is 0 Å². The van der Waals surface area contributed by atoms with Crippen molar-refractivity contribution in [2.24, 2.45) is 5.10 Å². The van der Waals surface area contributed by atoms with Gasteiger partial charge in [-0.2, -0.15) is 5.10 Å². The Morgan fingerprint density at radius 3 is 3.00 bits per heavy atom. The molecule has 1 aliphatic heterocycles. The molecule has 2 aromatic rings. The number of ether oxygens (including phenoxy) is 2. The number of fused-ring (bicyclic) bond motifs is 1. The molecule has 0 aliphatic carbocycles. The number of hydrogen-bond acceptors (Lipinski definition) is 7. The Hall–Kier alpha value is -3.10. The fraction of sp³-hybridized carbons (Fsp3) is 0.286. The van der Waals surface area contributed by atoms with Gasteiger partial charge in [-0.05, 0) is 37.5 Å². The molecule has 2 heterocycles.